The summed E-state index contributed by atoms with van der Waals surface area (Å²) in [6.45, 7) is 2.70. The van der Waals surface area contributed by atoms with E-state index in [1.807, 2.05) is 77.7 Å². The summed E-state index contributed by atoms with van der Waals surface area (Å²) in [5.74, 6) is 2.33. The van der Waals surface area contributed by atoms with Crippen LogP contribution in [0.25, 0.3) is 22.0 Å². The Morgan fingerprint density at radius 2 is 1.56 bits per heavy atom. The third-order valence-corrected chi connectivity index (χ3v) is 6.08. The Bertz CT molecular complexity index is 1270. The Morgan fingerprint density at radius 1 is 0.824 bits per heavy atom. The molecule has 0 saturated carbocycles. The van der Waals surface area contributed by atoms with Crippen LogP contribution >= 0.6 is 0 Å². The maximum absolute atomic E-state index is 12.7. The molecule has 0 unspecified atom stereocenters. The highest BCUT2D eigenvalue weighted by atomic mass is 16.5. The number of anilines is 1. The molecule has 2 heterocycles. The van der Waals surface area contributed by atoms with Crippen LogP contribution in [0.2, 0.25) is 0 Å². The Balaban J connectivity index is 1.13. The van der Waals surface area contributed by atoms with Gasteiger partial charge in [-0.1, -0.05) is 30.3 Å². The number of hydrogen-bond donors (Lipinski definition) is 0. The molecule has 3 aromatic carbocycles. The standard InChI is InChI=1S/C27H26N4O3/c1-33-23-9-7-21(8-10-23)25-12-13-26(29-28-25)30-14-16-31(17-15-30)27(32)19-34-24-11-6-20-4-2-3-5-22(20)18-24/h2-13,18H,14-17,19H2,1H3. The summed E-state index contributed by atoms with van der Waals surface area (Å²) >= 11 is 0. The van der Waals surface area contributed by atoms with Gasteiger partial charge in [0.05, 0.1) is 12.8 Å². The van der Waals surface area contributed by atoms with Crippen LogP contribution in [-0.4, -0.2) is 60.9 Å². The van der Waals surface area contributed by atoms with Crippen molar-refractivity contribution in [3.05, 3.63) is 78.9 Å². The minimum Gasteiger partial charge on any atom is -0.497 e. The van der Waals surface area contributed by atoms with E-state index in [0.29, 0.717) is 31.9 Å². The lowest BCUT2D eigenvalue weighted by Gasteiger charge is -2.35. The Morgan fingerprint density at radius 3 is 2.26 bits per heavy atom. The number of aromatic nitrogens is 2. The molecule has 0 spiro atoms. The highest BCUT2D eigenvalue weighted by Crippen LogP contribution is 2.23. The predicted octanol–water partition coefficient (Wildman–Crippen LogP) is 4.03. The van der Waals surface area contributed by atoms with Gasteiger partial charge in [-0.3, -0.25) is 4.79 Å². The SMILES string of the molecule is COc1ccc(-c2ccc(N3CCN(C(=O)COc4ccc5ccccc5c4)CC3)nn2)cc1. The van der Waals surface area contributed by atoms with Crippen LogP contribution in [0.4, 0.5) is 5.82 Å². The van der Waals surface area contributed by atoms with E-state index in [1.165, 1.54) is 0 Å². The lowest BCUT2D eigenvalue weighted by molar-refractivity contribution is -0.133. The second-order valence-corrected chi connectivity index (χ2v) is 8.17. The number of rotatable bonds is 6. The first-order valence-corrected chi connectivity index (χ1v) is 11.3. The number of amides is 1. The van der Waals surface area contributed by atoms with Gasteiger partial charge in [0.25, 0.3) is 5.91 Å². The molecule has 1 fully saturated rings. The summed E-state index contributed by atoms with van der Waals surface area (Å²) in [4.78, 5) is 16.7. The molecule has 7 heteroatoms. The van der Waals surface area contributed by atoms with E-state index in [0.717, 1.165) is 33.6 Å². The molecule has 1 saturated heterocycles. The number of methoxy groups -OCH3 is 1. The molecule has 172 valence electrons. The molecule has 4 aromatic rings. The van der Waals surface area contributed by atoms with Crippen molar-refractivity contribution in [2.45, 2.75) is 0 Å². The van der Waals surface area contributed by atoms with Gasteiger partial charge in [0.15, 0.2) is 12.4 Å². The molecular formula is C27H26N4O3. The average Bonchev–Trinajstić information content (AvgIpc) is 2.92. The van der Waals surface area contributed by atoms with Crippen molar-refractivity contribution in [1.82, 2.24) is 15.1 Å². The number of benzene rings is 3. The van der Waals surface area contributed by atoms with Gasteiger partial charge in [0.1, 0.15) is 11.5 Å². The van der Waals surface area contributed by atoms with Gasteiger partial charge >= 0.3 is 0 Å². The molecule has 0 radical (unpaired) electrons. The average molecular weight is 455 g/mol. The van der Waals surface area contributed by atoms with E-state index in [1.54, 1.807) is 7.11 Å². The maximum Gasteiger partial charge on any atom is 0.260 e. The summed E-state index contributed by atoms with van der Waals surface area (Å²) in [6, 6.07) is 25.7. The van der Waals surface area contributed by atoms with Crippen LogP contribution in [0.5, 0.6) is 11.5 Å². The maximum atomic E-state index is 12.7. The summed E-state index contributed by atoms with van der Waals surface area (Å²) in [5, 5.41) is 11.0. The molecule has 0 atom stereocenters. The predicted molar refractivity (Wildman–Crippen MR) is 132 cm³/mol. The number of hydrogen-bond acceptors (Lipinski definition) is 6. The van der Waals surface area contributed by atoms with Gasteiger partial charge < -0.3 is 19.3 Å². The van der Waals surface area contributed by atoms with Crippen LogP contribution in [-0.2, 0) is 4.79 Å². The Hall–Kier alpha value is -4.13. The lowest BCUT2D eigenvalue weighted by atomic mass is 10.1. The van der Waals surface area contributed by atoms with Crippen molar-refractivity contribution in [2.75, 3.05) is 44.8 Å². The van der Waals surface area contributed by atoms with Gasteiger partial charge in [-0.05, 0) is 59.3 Å². The van der Waals surface area contributed by atoms with Gasteiger partial charge in [-0.2, -0.15) is 0 Å². The fraction of sp³-hybridized carbons (Fsp3) is 0.222. The number of piperazine rings is 1. The summed E-state index contributed by atoms with van der Waals surface area (Å²) < 4.78 is 11.0. The molecule has 34 heavy (non-hydrogen) atoms. The number of carbonyl (C=O) groups excluding carboxylic acids is 1. The van der Waals surface area contributed by atoms with E-state index in [9.17, 15) is 4.79 Å². The van der Waals surface area contributed by atoms with Crippen molar-refractivity contribution < 1.29 is 14.3 Å². The smallest absolute Gasteiger partial charge is 0.260 e. The molecule has 7 nitrogen and oxygen atoms in total. The number of nitrogens with zero attached hydrogens (tertiary/aromatic N) is 4. The molecule has 0 aliphatic carbocycles. The normalized spacial score (nSPS) is 13.7. The molecule has 0 bridgehead atoms. The topological polar surface area (TPSA) is 67.8 Å². The summed E-state index contributed by atoms with van der Waals surface area (Å²) in [6.07, 6.45) is 0. The largest absolute Gasteiger partial charge is 0.497 e. The number of carbonyl (C=O) groups is 1. The zero-order valence-electron chi connectivity index (χ0n) is 19.1. The van der Waals surface area contributed by atoms with Gasteiger partial charge in [-0.15, -0.1) is 10.2 Å². The van der Waals surface area contributed by atoms with Gasteiger partial charge in [0.2, 0.25) is 0 Å². The van der Waals surface area contributed by atoms with Crippen molar-refractivity contribution in [3.63, 3.8) is 0 Å². The third kappa shape index (κ3) is 4.78. The number of ether oxygens (including phenoxy) is 2. The van der Waals surface area contributed by atoms with Crippen LogP contribution in [0.15, 0.2) is 78.9 Å². The van der Waals surface area contributed by atoms with Crippen LogP contribution < -0.4 is 14.4 Å². The zero-order valence-corrected chi connectivity index (χ0v) is 19.1. The van der Waals surface area contributed by atoms with Crippen molar-refractivity contribution in [2.24, 2.45) is 0 Å². The fourth-order valence-corrected chi connectivity index (χ4v) is 4.09. The molecule has 0 N–H and O–H groups in total. The highest BCUT2D eigenvalue weighted by Gasteiger charge is 2.22. The van der Waals surface area contributed by atoms with E-state index >= 15 is 0 Å². The van der Waals surface area contributed by atoms with Crippen LogP contribution in [0.1, 0.15) is 0 Å². The monoisotopic (exact) mass is 454 g/mol. The van der Waals surface area contributed by atoms with Crippen LogP contribution in [0.3, 0.4) is 0 Å². The quantitative estimate of drug-likeness (QED) is 0.438. The fourth-order valence-electron chi connectivity index (χ4n) is 4.09. The third-order valence-electron chi connectivity index (χ3n) is 6.08. The van der Waals surface area contributed by atoms with E-state index in [2.05, 4.69) is 21.2 Å². The lowest BCUT2D eigenvalue weighted by Crippen LogP contribution is -2.50. The minimum absolute atomic E-state index is 0.00579. The van der Waals surface area contributed by atoms with Gasteiger partial charge in [-0.25, -0.2) is 0 Å². The highest BCUT2D eigenvalue weighted by molar-refractivity contribution is 5.84. The summed E-state index contributed by atoms with van der Waals surface area (Å²) in [7, 11) is 1.65. The first kappa shape index (κ1) is 21.7. The second-order valence-electron chi connectivity index (χ2n) is 8.17. The van der Waals surface area contributed by atoms with E-state index in [-0.39, 0.29) is 12.5 Å². The molecular weight excluding hydrogens is 428 g/mol. The molecule has 1 aromatic heterocycles. The minimum atomic E-state index is -0.00579. The van der Waals surface area contributed by atoms with E-state index in [4.69, 9.17) is 9.47 Å². The van der Waals surface area contributed by atoms with E-state index < -0.39 is 0 Å². The Kier molecular flexibility index (Phi) is 6.25. The van der Waals surface area contributed by atoms with Crippen LogP contribution in [0, 0.1) is 0 Å². The number of fused-ring (bicyclic) bond motifs is 1. The molecule has 1 aliphatic rings. The first-order valence-electron chi connectivity index (χ1n) is 11.3. The molecule has 1 amide bonds. The molecule has 1 aliphatic heterocycles. The van der Waals surface area contributed by atoms with Crippen molar-refractivity contribution in [3.8, 4) is 22.8 Å². The first-order chi connectivity index (χ1) is 16.7. The zero-order chi connectivity index (χ0) is 23.3. The molecule has 5 rings (SSSR count). The summed E-state index contributed by atoms with van der Waals surface area (Å²) in [5.41, 5.74) is 1.80. The van der Waals surface area contributed by atoms with Crippen molar-refractivity contribution >= 4 is 22.5 Å². The van der Waals surface area contributed by atoms with Crippen molar-refractivity contribution in [1.29, 1.82) is 0 Å². The van der Waals surface area contributed by atoms with Gasteiger partial charge in [0, 0.05) is 31.7 Å². The Labute approximate surface area is 198 Å². The second kappa shape index (κ2) is 9.79.